The normalized spacial score (nSPS) is 25.3. The second kappa shape index (κ2) is 6.02. The van der Waals surface area contributed by atoms with Crippen molar-refractivity contribution in [1.29, 1.82) is 0 Å². The van der Waals surface area contributed by atoms with Gasteiger partial charge in [0.25, 0.3) is 0 Å². The van der Waals surface area contributed by atoms with Crippen molar-refractivity contribution in [1.82, 2.24) is 5.32 Å². The van der Waals surface area contributed by atoms with E-state index in [0.29, 0.717) is 17.7 Å². The van der Waals surface area contributed by atoms with Crippen LogP contribution in [0.15, 0.2) is 18.2 Å². The maximum absolute atomic E-state index is 13.5. The first-order valence-electron chi connectivity index (χ1n) is 6.36. The molecule has 0 spiro atoms. The first-order chi connectivity index (χ1) is 8.56. The van der Waals surface area contributed by atoms with Crippen LogP contribution in [0.4, 0.5) is 8.78 Å². The molecule has 1 heterocycles. The summed E-state index contributed by atoms with van der Waals surface area (Å²) in [7, 11) is 0. The van der Waals surface area contributed by atoms with Crippen LogP contribution in [0, 0.1) is 11.6 Å². The fourth-order valence-electron chi connectivity index (χ4n) is 2.43. The minimum Gasteiger partial charge on any atom is -0.310 e. The maximum Gasteiger partial charge on any atom is 0.129 e. The number of nitrogens with one attached hydrogen (secondary N) is 1. The number of benzene rings is 1. The molecule has 1 N–H and O–H groups in total. The highest BCUT2D eigenvalue weighted by Crippen LogP contribution is 2.26. The van der Waals surface area contributed by atoms with E-state index in [0.717, 1.165) is 12.2 Å². The molecule has 3 unspecified atom stereocenters. The molecule has 1 saturated heterocycles. The molecule has 1 aliphatic heterocycles. The number of hydrogen-bond acceptors (Lipinski definition) is 2. The summed E-state index contributed by atoms with van der Waals surface area (Å²) in [5, 5.41) is 4.14. The van der Waals surface area contributed by atoms with Crippen LogP contribution >= 0.6 is 11.8 Å². The Kier molecular flexibility index (Phi) is 4.62. The number of hydrogen-bond donors (Lipinski definition) is 1. The molecule has 0 radical (unpaired) electrons. The van der Waals surface area contributed by atoms with Crippen molar-refractivity contribution < 1.29 is 8.78 Å². The van der Waals surface area contributed by atoms with E-state index in [1.54, 1.807) is 0 Å². The fraction of sp³-hybridized carbons (Fsp3) is 0.571. The van der Waals surface area contributed by atoms with Gasteiger partial charge in [0.05, 0.1) is 0 Å². The highest BCUT2D eigenvalue weighted by molar-refractivity contribution is 8.00. The molecule has 0 saturated carbocycles. The standard InChI is InChI=1S/C14H19F2NS/c1-9(17-11-7-10(2)18-8-11)6-12-13(15)4-3-5-14(12)16/h3-5,9-11,17H,6-8H2,1-2H3. The van der Waals surface area contributed by atoms with E-state index in [1.165, 1.54) is 18.2 Å². The van der Waals surface area contributed by atoms with E-state index in [2.05, 4.69) is 12.2 Å². The lowest BCUT2D eigenvalue weighted by molar-refractivity contribution is 0.445. The molecular weight excluding hydrogens is 252 g/mol. The van der Waals surface area contributed by atoms with E-state index < -0.39 is 11.6 Å². The van der Waals surface area contributed by atoms with Gasteiger partial charge in [0.1, 0.15) is 11.6 Å². The number of thioether (sulfide) groups is 1. The molecule has 2 rings (SSSR count). The van der Waals surface area contributed by atoms with Crippen molar-refractivity contribution in [3.8, 4) is 0 Å². The molecule has 0 aliphatic carbocycles. The van der Waals surface area contributed by atoms with Gasteiger partial charge in [0.15, 0.2) is 0 Å². The summed E-state index contributed by atoms with van der Waals surface area (Å²) in [6, 6.07) is 4.60. The zero-order valence-electron chi connectivity index (χ0n) is 10.7. The summed E-state index contributed by atoms with van der Waals surface area (Å²) < 4.78 is 27.0. The lowest BCUT2D eigenvalue weighted by Crippen LogP contribution is -2.38. The number of halogens is 2. The van der Waals surface area contributed by atoms with Gasteiger partial charge in [-0.1, -0.05) is 13.0 Å². The highest BCUT2D eigenvalue weighted by Gasteiger charge is 2.23. The van der Waals surface area contributed by atoms with Crippen LogP contribution in [0.1, 0.15) is 25.8 Å². The smallest absolute Gasteiger partial charge is 0.129 e. The molecule has 1 nitrogen and oxygen atoms in total. The fourth-order valence-corrected chi connectivity index (χ4v) is 3.59. The van der Waals surface area contributed by atoms with Crippen LogP contribution in [0.5, 0.6) is 0 Å². The molecule has 1 aliphatic rings. The molecule has 18 heavy (non-hydrogen) atoms. The van der Waals surface area contributed by atoms with Crippen molar-refractivity contribution in [3.63, 3.8) is 0 Å². The van der Waals surface area contributed by atoms with Gasteiger partial charge in [-0.25, -0.2) is 8.78 Å². The zero-order chi connectivity index (χ0) is 13.1. The van der Waals surface area contributed by atoms with Gasteiger partial charge in [0.2, 0.25) is 0 Å². The van der Waals surface area contributed by atoms with Gasteiger partial charge in [-0.2, -0.15) is 11.8 Å². The summed E-state index contributed by atoms with van der Waals surface area (Å²) >= 11 is 1.95. The Morgan fingerprint density at radius 1 is 1.39 bits per heavy atom. The minimum absolute atomic E-state index is 0.0901. The first-order valence-corrected chi connectivity index (χ1v) is 7.41. The number of rotatable bonds is 4. The Bertz CT molecular complexity index is 391. The molecule has 1 aromatic carbocycles. The molecule has 100 valence electrons. The van der Waals surface area contributed by atoms with Crippen molar-refractivity contribution in [2.75, 3.05) is 5.75 Å². The third-order valence-electron chi connectivity index (χ3n) is 3.29. The molecule has 0 bridgehead atoms. The van der Waals surface area contributed by atoms with Gasteiger partial charge in [-0.05, 0) is 31.9 Å². The van der Waals surface area contributed by atoms with E-state index in [-0.39, 0.29) is 11.6 Å². The van der Waals surface area contributed by atoms with Crippen LogP contribution in [-0.4, -0.2) is 23.1 Å². The Hall–Kier alpha value is -0.610. The molecule has 4 heteroatoms. The van der Waals surface area contributed by atoms with E-state index in [1.807, 2.05) is 18.7 Å². The van der Waals surface area contributed by atoms with Gasteiger partial charge in [-0.15, -0.1) is 0 Å². The van der Waals surface area contributed by atoms with Crippen LogP contribution in [0.2, 0.25) is 0 Å². The Balaban J connectivity index is 1.93. The van der Waals surface area contributed by atoms with Gasteiger partial charge in [-0.3, -0.25) is 0 Å². The first kappa shape index (κ1) is 13.8. The second-order valence-electron chi connectivity index (χ2n) is 5.05. The summed E-state index contributed by atoms with van der Waals surface area (Å²) in [4.78, 5) is 0. The Morgan fingerprint density at radius 3 is 2.61 bits per heavy atom. The van der Waals surface area contributed by atoms with Gasteiger partial charge in [0, 0.05) is 28.6 Å². The van der Waals surface area contributed by atoms with E-state index in [9.17, 15) is 8.78 Å². The average Bonchev–Trinajstić information content (AvgIpc) is 2.69. The largest absolute Gasteiger partial charge is 0.310 e. The lowest BCUT2D eigenvalue weighted by Gasteiger charge is -2.19. The molecule has 0 amide bonds. The highest BCUT2D eigenvalue weighted by atomic mass is 32.2. The van der Waals surface area contributed by atoms with Crippen molar-refractivity contribution >= 4 is 11.8 Å². The zero-order valence-corrected chi connectivity index (χ0v) is 11.6. The second-order valence-corrected chi connectivity index (χ2v) is 6.52. The van der Waals surface area contributed by atoms with Crippen LogP contribution in [-0.2, 0) is 6.42 Å². The summed E-state index contributed by atoms with van der Waals surface area (Å²) in [6.07, 6.45) is 1.53. The molecule has 1 fully saturated rings. The minimum atomic E-state index is -0.446. The Morgan fingerprint density at radius 2 is 2.06 bits per heavy atom. The predicted octanol–water partition coefficient (Wildman–Crippen LogP) is 3.38. The third kappa shape index (κ3) is 3.45. The van der Waals surface area contributed by atoms with Crippen molar-refractivity contribution in [2.45, 2.75) is 44.0 Å². The Labute approximate surface area is 111 Å². The third-order valence-corrected chi connectivity index (χ3v) is 4.65. The summed E-state index contributed by atoms with van der Waals surface area (Å²) in [5.74, 6) is 0.196. The molecular formula is C14H19F2NS. The van der Waals surface area contributed by atoms with Gasteiger partial charge < -0.3 is 5.32 Å². The van der Waals surface area contributed by atoms with Crippen molar-refractivity contribution in [2.24, 2.45) is 0 Å². The SMILES string of the molecule is CC(Cc1c(F)cccc1F)NC1CSC(C)C1. The lowest BCUT2D eigenvalue weighted by atomic mass is 10.0. The van der Waals surface area contributed by atoms with E-state index in [4.69, 9.17) is 0 Å². The van der Waals surface area contributed by atoms with Crippen molar-refractivity contribution in [3.05, 3.63) is 35.4 Å². The predicted molar refractivity (Wildman–Crippen MR) is 73.0 cm³/mol. The topological polar surface area (TPSA) is 12.0 Å². The van der Waals surface area contributed by atoms with Crippen LogP contribution in [0.3, 0.4) is 0 Å². The molecule has 1 aromatic rings. The molecule has 0 aromatic heterocycles. The maximum atomic E-state index is 13.5. The summed E-state index contributed by atoms with van der Waals surface area (Å²) in [6.45, 7) is 4.20. The van der Waals surface area contributed by atoms with E-state index >= 15 is 0 Å². The summed E-state index contributed by atoms with van der Waals surface area (Å²) in [5.41, 5.74) is 0.191. The van der Waals surface area contributed by atoms with Gasteiger partial charge >= 0.3 is 0 Å². The monoisotopic (exact) mass is 271 g/mol. The molecule has 3 atom stereocenters. The average molecular weight is 271 g/mol. The quantitative estimate of drug-likeness (QED) is 0.901. The van der Waals surface area contributed by atoms with Crippen LogP contribution < -0.4 is 5.32 Å². The van der Waals surface area contributed by atoms with Crippen LogP contribution in [0.25, 0.3) is 0 Å².